The largest absolute Gasteiger partial charge is 0.378 e. The van der Waals surface area contributed by atoms with E-state index in [2.05, 4.69) is 10.3 Å². The Labute approximate surface area is 105 Å². The zero-order valence-electron chi connectivity index (χ0n) is 9.93. The van der Waals surface area contributed by atoms with E-state index >= 15 is 0 Å². The number of carbonyl (C=O) groups is 1. The second-order valence-corrected chi connectivity index (χ2v) is 4.98. The zero-order chi connectivity index (χ0) is 12.5. The fourth-order valence-electron chi connectivity index (χ4n) is 2.81. The molecule has 96 valence electrons. The number of carbonyl (C=O) groups excluding carboxylic acids is 1. The van der Waals surface area contributed by atoms with E-state index in [4.69, 9.17) is 4.74 Å². The molecular formula is C13H15FN2O2. The molecule has 3 rings (SSSR count). The van der Waals surface area contributed by atoms with Crippen LogP contribution in [-0.4, -0.2) is 36.1 Å². The molecule has 0 radical (unpaired) electrons. The normalized spacial score (nSPS) is 31.1. The molecule has 3 heterocycles. The van der Waals surface area contributed by atoms with E-state index in [1.807, 2.05) is 0 Å². The highest BCUT2D eigenvalue weighted by Crippen LogP contribution is 2.26. The average Bonchev–Trinajstić information content (AvgIpc) is 2.37. The van der Waals surface area contributed by atoms with Crippen molar-refractivity contribution in [2.24, 2.45) is 5.92 Å². The molecule has 2 fully saturated rings. The maximum atomic E-state index is 13.0. The minimum absolute atomic E-state index is 0.0482. The molecular weight excluding hydrogens is 235 g/mol. The lowest BCUT2D eigenvalue weighted by Crippen LogP contribution is -2.55. The highest BCUT2D eigenvalue weighted by Gasteiger charge is 2.35. The van der Waals surface area contributed by atoms with Crippen LogP contribution in [0.25, 0.3) is 0 Å². The first-order valence-corrected chi connectivity index (χ1v) is 6.23. The molecule has 1 aromatic rings. The molecule has 2 saturated heterocycles. The number of hydrogen-bond donors (Lipinski definition) is 1. The predicted molar refractivity (Wildman–Crippen MR) is 62.8 cm³/mol. The minimum Gasteiger partial charge on any atom is -0.378 e. The summed E-state index contributed by atoms with van der Waals surface area (Å²) in [5.74, 6) is -0.717. The van der Waals surface area contributed by atoms with Gasteiger partial charge in [0.25, 0.3) is 0 Å². The Hall–Kier alpha value is -1.33. The highest BCUT2D eigenvalue weighted by atomic mass is 19.1. The summed E-state index contributed by atoms with van der Waals surface area (Å²) in [7, 11) is 0. The second-order valence-electron chi connectivity index (χ2n) is 4.98. The third-order valence-corrected chi connectivity index (χ3v) is 3.59. The van der Waals surface area contributed by atoms with Gasteiger partial charge >= 0.3 is 0 Å². The summed E-state index contributed by atoms with van der Waals surface area (Å²) in [6.45, 7) is 1.30. The number of rotatable bonds is 2. The Morgan fingerprint density at radius 2 is 2.06 bits per heavy atom. The zero-order valence-corrected chi connectivity index (χ0v) is 9.93. The standard InChI is InChI=1S/C13H15FN2O2/c14-12-3-1-2-11(16-12)13(17)8-4-9-6-18-7-10(5-8)15-9/h1-3,8-10,15H,4-7H2. The first kappa shape index (κ1) is 11.7. The lowest BCUT2D eigenvalue weighted by molar-refractivity contribution is 0.00941. The van der Waals surface area contributed by atoms with Crippen molar-refractivity contribution in [1.82, 2.24) is 10.3 Å². The number of fused-ring (bicyclic) bond motifs is 2. The molecule has 1 N–H and O–H groups in total. The number of halogens is 1. The van der Waals surface area contributed by atoms with E-state index < -0.39 is 5.95 Å². The van der Waals surface area contributed by atoms with Gasteiger partial charge in [-0.25, -0.2) is 4.98 Å². The number of Topliss-reactive ketones (excluding diaryl/α,β-unsaturated/α-hetero) is 1. The summed E-state index contributed by atoms with van der Waals surface area (Å²) in [6, 6.07) is 4.84. The number of morpholine rings is 1. The van der Waals surface area contributed by atoms with E-state index in [0.29, 0.717) is 13.2 Å². The van der Waals surface area contributed by atoms with Gasteiger partial charge in [-0.1, -0.05) is 6.07 Å². The lowest BCUT2D eigenvalue weighted by Gasteiger charge is -2.39. The number of ether oxygens (including phenoxy) is 1. The van der Waals surface area contributed by atoms with E-state index in [1.165, 1.54) is 12.1 Å². The van der Waals surface area contributed by atoms with Crippen LogP contribution in [0.2, 0.25) is 0 Å². The summed E-state index contributed by atoms with van der Waals surface area (Å²) in [4.78, 5) is 16.0. The number of ketones is 1. The average molecular weight is 250 g/mol. The van der Waals surface area contributed by atoms with Crippen LogP contribution in [0.1, 0.15) is 23.3 Å². The Morgan fingerprint density at radius 1 is 1.33 bits per heavy atom. The van der Waals surface area contributed by atoms with Crippen molar-refractivity contribution in [3.63, 3.8) is 0 Å². The highest BCUT2D eigenvalue weighted by molar-refractivity contribution is 5.96. The Morgan fingerprint density at radius 3 is 2.72 bits per heavy atom. The third-order valence-electron chi connectivity index (χ3n) is 3.59. The van der Waals surface area contributed by atoms with Gasteiger partial charge in [0.15, 0.2) is 5.78 Å². The molecule has 0 aromatic carbocycles. The van der Waals surface area contributed by atoms with Crippen LogP contribution < -0.4 is 5.32 Å². The Kier molecular flexibility index (Phi) is 3.09. The van der Waals surface area contributed by atoms with Crippen LogP contribution >= 0.6 is 0 Å². The monoisotopic (exact) mass is 250 g/mol. The molecule has 2 unspecified atom stereocenters. The van der Waals surface area contributed by atoms with Gasteiger partial charge in [0.05, 0.1) is 13.2 Å². The number of nitrogens with zero attached hydrogens (tertiary/aromatic N) is 1. The van der Waals surface area contributed by atoms with Crippen LogP contribution in [-0.2, 0) is 4.74 Å². The fourth-order valence-corrected chi connectivity index (χ4v) is 2.81. The Bertz CT molecular complexity index is 454. The van der Waals surface area contributed by atoms with Crippen molar-refractivity contribution >= 4 is 5.78 Å². The van der Waals surface area contributed by atoms with E-state index in [9.17, 15) is 9.18 Å². The van der Waals surface area contributed by atoms with Crippen LogP contribution in [0.5, 0.6) is 0 Å². The van der Waals surface area contributed by atoms with Crippen molar-refractivity contribution < 1.29 is 13.9 Å². The van der Waals surface area contributed by atoms with Crippen molar-refractivity contribution in [3.05, 3.63) is 29.8 Å². The van der Waals surface area contributed by atoms with Crippen molar-refractivity contribution in [2.45, 2.75) is 24.9 Å². The summed E-state index contributed by atoms with van der Waals surface area (Å²) in [5, 5.41) is 3.43. The van der Waals surface area contributed by atoms with Gasteiger partial charge in [0.2, 0.25) is 5.95 Å². The fraction of sp³-hybridized carbons (Fsp3) is 0.538. The van der Waals surface area contributed by atoms with Gasteiger partial charge in [-0.15, -0.1) is 0 Å². The summed E-state index contributed by atoms with van der Waals surface area (Å²) in [5.41, 5.74) is 0.237. The van der Waals surface area contributed by atoms with Gasteiger partial charge in [0, 0.05) is 18.0 Å². The molecule has 0 spiro atoms. The van der Waals surface area contributed by atoms with Crippen molar-refractivity contribution in [1.29, 1.82) is 0 Å². The molecule has 2 atom stereocenters. The quantitative estimate of drug-likeness (QED) is 0.632. The van der Waals surface area contributed by atoms with Crippen molar-refractivity contribution in [2.75, 3.05) is 13.2 Å². The first-order valence-electron chi connectivity index (χ1n) is 6.23. The van der Waals surface area contributed by atoms with E-state index in [-0.39, 0.29) is 29.5 Å². The van der Waals surface area contributed by atoms with Crippen molar-refractivity contribution in [3.8, 4) is 0 Å². The summed E-state index contributed by atoms with van der Waals surface area (Å²) in [6.07, 6.45) is 1.49. The summed E-state index contributed by atoms with van der Waals surface area (Å²) >= 11 is 0. The molecule has 18 heavy (non-hydrogen) atoms. The van der Waals surface area contributed by atoms with Gasteiger partial charge in [-0.2, -0.15) is 4.39 Å². The lowest BCUT2D eigenvalue weighted by atomic mass is 9.83. The third kappa shape index (κ3) is 2.28. The van der Waals surface area contributed by atoms with Gasteiger partial charge in [0.1, 0.15) is 5.69 Å². The van der Waals surface area contributed by atoms with E-state index in [0.717, 1.165) is 12.8 Å². The molecule has 0 saturated carbocycles. The molecule has 1 aromatic heterocycles. The van der Waals surface area contributed by atoms with E-state index in [1.54, 1.807) is 6.07 Å². The van der Waals surface area contributed by atoms with Crippen LogP contribution in [0.15, 0.2) is 18.2 Å². The molecule has 2 aliphatic heterocycles. The van der Waals surface area contributed by atoms with Crippen LogP contribution in [0.3, 0.4) is 0 Å². The van der Waals surface area contributed by atoms with Crippen LogP contribution in [0, 0.1) is 11.9 Å². The number of nitrogens with one attached hydrogen (secondary N) is 1. The molecule has 0 aliphatic carbocycles. The molecule has 4 nitrogen and oxygen atoms in total. The summed E-state index contributed by atoms with van der Waals surface area (Å²) < 4.78 is 18.5. The van der Waals surface area contributed by atoms with Gasteiger partial charge < -0.3 is 10.1 Å². The SMILES string of the molecule is O=C(c1cccc(F)n1)C1CC2COCC(C1)N2. The smallest absolute Gasteiger partial charge is 0.213 e. The maximum Gasteiger partial charge on any atom is 0.213 e. The second kappa shape index (κ2) is 4.74. The topological polar surface area (TPSA) is 51.2 Å². The number of pyridine rings is 1. The number of piperidine rings is 1. The molecule has 2 bridgehead atoms. The van der Waals surface area contributed by atoms with Crippen LogP contribution in [0.4, 0.5) is 4.39 Å². The molecule has 0 amide bonds. The molecule has 2 aliphatic rings. The molecule has 5 heteroatoms. The van der Waals surface area contributed by atoms with Gasteiger partial charge in [-0.3, -0.25) is 4.79 Å². The first-order chi connectivity index (χ1) is 8.72. The number of aromatic nitrogens is 1. The minimum atomic E-state index is -0.599. The predicted octanol–water partition coefficient (Wildman–Crippen LogP) is 1.17. The Balaban J connectivity index is 1.76. The van der Waals surface area contributed by atoms with Gasteiger partial charge in [-0.05, 0) is 25.0 Å². The maximum absolute atomic E-state index is 13.0. The number of hydrogen-bond acceptors (Lipinski definition) is 4.